The van der Waals surface area contributed by atoms with Gasteiger partial charge in [-0.2, -0.15) is 5.26 Å². The van der Waals surface area contributed by atoms with Gasteiger partial charge in [0.15, 0.2) is 0 Å². The molecule has 0 spiro atoms. The van der Waals surface area contributed by atoms with Crippen LogP contribution in [0.2, 0.25) is 0 Å². The number of benzene rings is 4. The van der Waals surface area contributed by atoms with E-state index in [4.69, 9.17) is 28.9 Å². The highest BCUT2D eigenvalue weighted by Gasteiger charge is 2.12. The van der Waals surface area contributed by atoms with E-state index < -0.39 is 0 Å². The Kier molecular flexibility index (Phi) is 21.1. The van der Waals surface area contributed by atoms with E-state index in [9.17, 15) is 9.59 Å². The van der Waals surface area contributed by atoms with Crippen LogP contribution < -0.4 is 14.2 Å². The van der Waals surface area contributed by atoms with E-state index in [1.165, 1.54) is 0 Å². The molecule has 0 N–H and O–H groups in total. The van der Waals surface area contributed by atoms with Crippen molar-refractivity contribution >= 4 is 11.9 Å². The molecule has 0 heterocycles. The second-order valence-electron chi connectivity index (χ2n) is 13.4. The molecule has 0 fully saturated rings. The lowest BCUT2D eigenvalue weighted by molar-refractivity contribution is -0.149. The highest BCUT2D eigenvalue weighted by molar-refractivity contribution is 5.72. The van der Waals surface area contributed by atoms with E-state index in [0.717, 1.165) is 78.0 Å². The minimum absolute atomic E-state index is 0.00165. The van der Waals surface area contributed by atoms with Crippen LogP contribution in [0.15, 0.2) is 97.1 Å². The summed E-state index contributed by atoms with van der Waals surface area (Å²) in [6.07, 6.45) is 6.26. The molecule has 0 saturated carbocycles. The quantitative estimate of drug-likeness (QED) is 0.0560. The second kappa shape index (κ2) is 26.6. The summed E-state index contributed by atoms with van der Waals surface area (Å²) in [5.74, 6) is 14.6. The highest BCUT2D eigenvalue weighted by Crippen LogP contribution is 2.15. The number of hydrogen-bond donors (Lipinski definition) is 0. The predicted octanol–water partition coefficient (Wildman–Crippen LogP) is 9.94. The van der Waals surface area contributed by atoms with Gasteiger partial charge < -0.3 is 23.7 Å². The van der Waals surface area contributed by atoms with Crippen molar-refractivity contribution in [2.24, 2.45) is 11.8 Å². The molecule has 4 rings (SSSR count). The number of hydrogen-bond acceptors (Lipinski definition) is 8. The molecule has 0 radical (unpaired) electrons. The van der Waals surface area contributed by atoms with Crippen molar-refractivity contribution in [2.45, 2.75) is 72.6 Å². The molecule has 0 aliphatic heterocycles. The summed E-state index contributed by atoms with van der Waals surface area (Å²) in [6.45, 7) is 9.79. The minimum Gasteiger partial charge on any atom is -0.497 e. The van der Waals surface area contributed by atoms with E-state index in [-0.39, 0.29) is 23.8 Å². The van der Waals surface area contributed by atoms with Gasteiger partial charge in [0.1, 0.15) is 17.2 Å². The molecule has 4 aromatic carbocycles. The van der Waals surface area contributed by atoms with Crippen LogP contribution in [0.1, 0.15) is 100 Å². The third-order valence-electron chi connectivity index (χ3n) is 8.90. The van der Waals surface area contributed by atoms with E-state index >= 15 is 0 Å². The summed E-state index contributed by atoms with van der Waals surface area (Å²) in [5.41, 5.74) is 4.27. The number of nitriles is 1. The third-order valence-corrected chi connectivity index (χ3v) is 8.90. The third kappa shape index (κ3) is 18.3. The fourth-order valence-corrected chi connectivity index (χ4v) is 4.82. The Morgan fingerprint density at radius 3 is 1.21 bits per heavy atom. The molecule has 0 saturated heterocycles. The van der Waals surface area contributed by atoms with Crippen LogP contribution in [0.4, 0.5) is 0 Å². The molecule has 8 heteroatoms. The van der Waals surface area contributed by atoms with Crippen molar-refractivity contribution < 1.29 is 33.3 Å². The molecule has 2 atom stereocenters. The molecule has 57 heavy (non-hydrogen) atoms. The van der Waals surface area contributed by atoms with E-state index in [1.807, 2.05) is 113 Å². The lowest BCUT2D eigenvalue weighted by atomic mass is 10.1. The zero-order valence-corrected chi connectivity index (χ0v) is 34.0. The van der Waals surface area contributed by atoms with Gasteiger partial charge in [-0.1, -0.05) is 51.4 Å². The molecule has 0 amide bonds. The van der Waals surface area contributed by atoms with Gasteiger partial charge >= 0.3 is 11.9 Å². The Bertz CT molecular complexity index is 1940. The zero-order valence-electron chi connectivity index (χ0n) is 34.0. The molecule has 0 aliphatic carbocycles. The first-order valence-corrected chi connectivity index (χ1v) is 19.7. The molecular weight excluding hydrogens is 715 g/mol. The topological polar surface area (TPSA) is 104 Å². The Balaban J connectivity index is 0.000000307. The van der Waals surface area contributed by atoms with Crippen LogP contribution in [0, 0.1) is 46.8 Å². The maximum absolute atomic E-state index is 11.6. The Hall–Kier alpha value is -6.17. The summed E-state index contributed by atoms with van der Waals surface area (Å²) < 4.78 is 27.0. The van der Waals surface area contributed by atoms with Crippen LogP contribution in [-0.4, -0.2) is 45.5 Å². The standard InChI is InChI=1S/C26H32O4.C23H23NO3/c1-4-21(2)26(27)30-20-8-6-5-7-19-29-25-17-13-23(14-18-25)10-9-22-11-15-24(28-3)16-12-22;1-3-18(2)23(25)27-16-4-15-26-22-13-11-20(12-14-22)6-5-19-7-9-21(17-24)10-8-19/h11-18,21H,4-8,19-20H2,1-3H3;7-14,18H,3-4,15-16H2,1-2H3. The number of methoxy groups -OCH3 is 1. The van der Waals surface area contributed by atoms with Crippen LogP contribution in [0.5, 0.6) is 17.2 Å². The van der Waals surface area contributed by atoms with Crippen molar-refractivity contribution in [1.29, 1.82) is 5.26 Å². The minimum atomic E-state index is -0.150. The number of carbonyl (C=O) groups is 2. The van der Waals surface area contributed by atoms with Crippen molar-refractivity contribution in [1.82, 2.24) is 0 Å². The lowest BCUT2D eigenvalue weighted by Gasteiger charge is -2.10. The van der Waals surface area contributed by atoms with Gasteiger partial charge in [-0.05, 0) is 136 Å². The average Bonchev–Trinajstić information content (AvgIpc) is 3.26. The van der Waals surface area contributed by atoms with Gasteiger partial charge in [0, 0.05) is 28.7 Å². The van der Waals surface area contributed by atoms with Crippen LogP contribution in [0.25, 0.3) is 0 Å². The summed E-state index contributed by atoms with van der Waals surface area (Å²) in [5, 5.41) is 8.79. The number of esters is 2. The normalized spacial score (nSPS) is 11.0. The van der Waals surface area contributed by atoms with E-state index in [2.05, 4.69) is 29.8 Å². The van der Waals surface area contributed by atoms with Crippen LogP contribution >= 0.6 is 0 Å². The first-order valence-electron chi connectivity index (χ1n) is 19.7. The maximum Gasteiger partial charge on any atom is 0.308 e. The van der Waals surface area contributed by atoms with Crippen molar-refractivity contribution in [2.75, 3.05) is 33.5 Å². The SMILES string of the molecule is CCC(C)C(=O)OCCCCCCOc1ccc(C#Cc2ccc(OC)cc2)cc1.CCC(C)C(=O)OCCCOc1ccc(C#Cc2ccc(C#N)cc2)cc1. The maximum atomic E-state index is 11.6. The lowest BCUT2D eigenvalue weighted by Crippen LogP contribution is -2.15. The van der Waals surface area contributed by atoms with Gasteiger partial charge in [-0.3, -0.25) is 9.59 Å². The smallest absolute Gasteiger partial charge is 0.308 e. The Morgan fingerprint density at radius 1 is 0.491 bits per heavy atom. The monoisotopic (exact) mass is 769 g/mol. The van der Waals surface area contributed by atoms with E-state index in [1.54, 1.807) is 19.2 Å². The van der Waals surface area contributed by atoms with E-state index in [0.29, 0.717) is 38.4 Å². The van der Waals surface area contributed by atoms with Crippen LogP contribution in [-0.2, 0) is 19.1 Å². The fourth-order valence-electron chi connectivity index (χ4n) is 4.82. The molecular formula is C49H55NO7. The van der Waals surface area contributed by atoms with Gasteiger partial charge in [-0.25, -0.2) is 0 Å². The largest absolute Gasteiger partial charge is 0.497 e. The summed E-state index contributed by atoms with van der Waals surface area (Å²) >= 11 is 0. The number of rotatable bonds is 18. The number of ether oxygens (including phenoxy) is 5. The Morgan fingerprint density at radius 2 is 0.825 bits per heavy atom. The van der Waals surface area contributed by atoms with Gasteiger partial charge in [0.2, 0.25) is 0 Å². The first-order chi connectivity index (χ1) is 27.7. The fraction of sp³-hybridized carbons (Fsp3) is 0.367. The first kappa shape index (κ1) is 45.2. The van der Waals surface area contributed by atoms with Gasteiger partial charge in [0.25, 0.3) is 0 Å². The Labute approximate surface area is 339 Å². The molecule has 0 aromatic heterocycles. The summed E-state index contributed by atoms with van der Waals surface area (Å²) in [4.78, 5) is 23.1. The zero-order chi connectivity index (χ0) is 41.1. The molecule has 2 unspecified atom stereocenters. The predicted molar refractivity (Wildman–Crippen MR) is 224 cm³/mol. The van der Waals surface area contributed by atoms with Gasteiger partial charge in [-0.15, -0.1) is 0 Å². The number of nitrogens with zero attached hydrogens (tertiary/aromatic N) is 1. The number of unbranched alkanes of at least 4 members (excludes halogenated alkanes) is 3. The van der Waals surface area contributed by atoms with Crippen molar-refractivity contribution in [3.63, 3.8) is 0 Å². The second-order valence-corrected chi connectivity index (χ2v) is 13.4. The average molecular weight is 770 g/mol. The van der Waals surface area contributed by atoms with Crippen molar-refractivity contribution in [3.05, 3.63) is 125 Å². The molecule has 4 aromatic rings. The van der Waals surface area contributed by atoms with Gasteiger partial charge in [0.05, 0.1) is 57.0 Å². The molecule has 0 bridgehead atoms. The summed E-state index contributed by atoms with van der Waals surface area (Å²) in [7, 11) is 1.65. The molecule has 8 nitrogen and oxygen atoms in total. The number of carbonyl (C=O) groups excluding carboxylic acids is 2. The van der Waals surface area contributed by atoms with Crippen LogP contribution in [0.3, 0.4) is 0 Å². The summed E-state index contributed by atoms with van der Waals surface area (Å²) in [6, 6.07) is 32.3. The molecule has 298 valence electrons. The molecule has 0 aliphatic rings. The highest BCUT2D eigenvalue weighted by atomic mass is 16.5. The van der Waals surface area contributed by atoms with Crippen molar-refractivity contribution in [3.8, 4) is 47.0 Å².